The number of carboxylic acids is 1. The first-order chi connectivity index (χ1) is 9.08. The molecule has 0 radical (unpaired) electrons. The number of hydrogen-bond donors (Lipinski definition) is 1. The summed E-state index contributed by atoms with van der Waals surface area (Å²) in [6.45, 7) is 0.698. The van der Waals surface area contributed by atoms with Crippen molar-refractivity contribution >= 4 is 34.9 Å². The lowest BCUT2D eigenvalue weighted by molar-refractivity contribution is -0.139. The number of aliphatic carboxylic acids is 1. The average molecular weight is 302 g/mol. The van der Waals surface area contributed by atoms with E-state index in [9.17, 15) is 9.90 Å². The van der Waals surface area contributed by atoms with Crippen LogP contribution in [0.5, 0.6) is 0 Å². The Morgan fingerprint density at radius 2 is 2.16 bits per heavy atom. The molecule has 1 aromatic heterocycles. The second-order valence-corrected chi connectivity index (χ2v) is 5.88. The van der Waals surface area contributed by atoms with Gasteiger partial charge in [0.2, 0.25) is 0 Å². The van der Waals surface area contributed by atoms with Gasteiger partial charge in [0, 0.05) is 12.6 Å². The summed E-state index contributed by atoms with van der Waals surface area (Å²) in [7, 11) is 0. The highest BCUT2D eigenvalue weighted by Gasteiger charge is 2.48. The second-order valence-electron chi connectivity index (χ2n) is 5.13. The molecule has 1 aromatic rings. The minimum absolute atomic E-state index is 0.195. The Bertz CT molecular complexity index is 526. The number of fused-ring (bicyclic) bond motifs is 1. The molecule has 1 saturated carbocycles. The molecule has 1 N–H and O–H groups in total. The highest BCUT2D eigenvalue weighted by Crippen LogP contribution is 2.45. The van der Waals surface area contributed by atoms with Crippen LogP contribution in [-0.4, -0.2) is 33.9 Å². The molecule has 0 spiro atoms. The lowest BCUT2D eigenvalue weighted by atomic mass is 9.94. The SMILES string of the molecule is O=C(O)C1C2CCCC2CN1c1cc(Cl)nnc1Cl. The van der Waals surface area contributed by atoms with Crippen molar-refractivity contribution in [1.82, 2.24) is 10.2 Å². The lowest BCUT2D eigenvalue weighted by Crippen LogP contribution is -2.40. The highest BCUT2D eigenvalue weighted by molar-refractivity contribution is 6.33. The van der Waals surface area contributed by atoms with Gasteiger partial charge in [0.15, 0.2) is 10.3 Å². The summed E-state index contributed by atoms with van der Waals surface area (Å²) in [6, 6.07) is 1.05. The van der Waals surface area contributed by atoms with E-state index in [1.165, 1.54) is 0 Å². The van der Waals surface area contributed by atoms with Crippen LogP contribution in [0.4, 0.5) is 5.69 Å². The summed E-state index contributed by atoms with van der Waals surface area (Å²) in [5, 5.41) is 17.3. The van der Waals surface area contributed by atoms with E-state index in [1.54, 1.807) is 6.07 Å². The number of anilines is 1. The maximum absolute atomic E-state index is 11.6. The number of aromatic nitrogens is 2. The van der Waals surface area contributed by atoms with Crippen molar-refractivity contribution in [2.75, 3.05) is 11.4 Å². The molecule has 1 aliphatic heterocycles. The molecule has 0 aromatic carbocycles. The first-order valence-corrected chi connectivity index (χ1v) is 7.01. The van der Waals surface area contributed by atoms with Crippen LogP contribution in [0.3, 0.4) is 0 Å². The zero-order valence-electron chi connectivity index (χ0n) is 10.1. The monoisotopic (exact) mass is 301 g/mol. The van der Waals surface area contributed by atoms with Crippen molar-refractivity contribution in [2.24, 2.45) is 11.8 Å². The molecule has 102 valence electrons. The van der Waals surface area contributed by atoms with Gasteiger partial charge in [-0.3, -0.25) is 0 Å². The molecule has 2 aliphatic rings. The van der Waals surface area contributed by atoms with Gasteiger partial charge in [0.25, 0.3) is 0 Å². The number of carboxylic acid groups (broad SMARTS) is 1. The number of carbonyl (C=O) groups is 1. The van der Waals surface area contributed by atoms with Crippen LogP contribution >= 0.6 is 23.2 Å². The van der Waals surface area contributed by atoms with E-state index in [2.05, 4.69) is 10.2 Å². The zero-order chi connectivity index (χ0) is 13.6. The van der Waals surface area contributed by atoms with Crippen LogP contribution in [0.25, 0.3) is 0 Å². The third kappa shape index (κ3) is 2.15. The molecule has 19 heavy (non-hydrogen) atoms. The topological polar surface area (TPSA) is 66.3 Å². The Morgan fingerprint density at radius 3 is 2.89 bits per heavy atom. The van der Waals surface area contributed by atoms with Crippen molar-refractivity contribution in [3.8, 4) is 0 Å². The summed E-state index contributed by atoms with van der Waals surface area (Å²) in [4.78, 5) is 13.4. The Morgan fingerprint density at radius 1 is 1.37 bits per heavy atom. The van der Waals surface area contributed by atoms with Crippen LogP contribution in [-0.2, 0) is 4.79 Å². The molecular formula is C12H13Cl2N3O2. The first kappa shape index (κ1) is 12.9. The highest BCUT2D eigenvalue weighted by atomic mass is 35.5. The van der Waals surface area contributed by atoms with Crippen molar-refractivity contribution in [1.29, 1.82) is 0 Å². The molecule has 3 atom stereocenters. The van der Waals surface area contributed by atoms with Gasteiger partial charge in [-0.1, -0.05) is 29.6 Å². The van der Waals surface area contributed by atoms with Crippen molar-refractivity contribution in [3.05, 3.63) is 16.4 Å². The zero-order valence-corrected chi connectivity index (χ0v) is 11.6. The molecule has 2 heterocycles. The number of rotatable bonds is 2. The van der Waals surface area contributed by atoms with Gasteiger partial charge in [-0.2, -0.15) is 0 Å². The predicted octanol–water partition coefficient (Wildman–Crippen LogP) is 2.47. The van der Waals surface area contributed by atoms with Gasteiger partial charge in [-0.25, -0.2) is 4.79 Å². The van der Waals surface area contributed by atoms with Gasteiger partial charge in [0.1, 0.15) is 6.04 Å². The molecule has 5 nitrogen and oxygen atoms in total. The molecule has 1 aliphatic carbocycles. The van der Waals surface area contributed by atoms with Gasteiger partial charge in [-0.05, 0) is 24.7 Å². The standard InChI is InChI=1S/C12H13Cl2N3O2/c13-9-4-8(11(14)16-15-9)17-5-6-2-1-3-7(6)10(17)12(18)19/h4,6-7,10H,1-3,5H2,(H,18,19). The Labute approximate surface area is 120 Å². The summed E-state index contributed by atoms with van der Waals surface area (Å²) < 4.78 is 0. The molecule has 0 bridgehead atoms. The molecular weight excluding hydrogens is 289 g/mol. The van der Waals surface area contributed by atoms with Gasteiger partial charge < -0.3 is 10.0 Å². The second kappa shape index (κ2) is 4.80. The van der Waals surface area contributed by atoms with E-state index >= 15 is 0 Å². The van der Waals surface area contributed by atoms with E-state index in [4.69, 9.17) is 23.2 Å². The van der Waals surface area contributed by atoms with E-state index in [-0.39, 0.29) is 16.2 Å². The van der Waals surface area contributed by atoms with Crippen LogP contribution in [0, 0.1) is 11.8 Å². The smallest absolute Gasteiger partial charge is 0.326 e. The molecule has 3 rings (SSSR count). The van der Waals surface area contributed by atoms with Gasteiger partial charge >= 0.3 is 5.97 Å². The number of nitrogens with zero attached hydrogens (tertiary/aromatic N) is 3. The quantitative estimate of drug-likeness (QED) is 0.909. The summed E-state index contributed by atoms with van der Waals surface area (Å²) in [5.74, 6) is -0.192. The van der Waals surface area contributed by atoms with E-state index in [0.717, 1.165) is 19.3 Å². The summed E-state index contributed by atoms with van der Waals surface area (Å²) in [6.07, 6.45) is 3.15. The Kier molecular flexibility index (Phi) is 3.27. The minimum Gasteiger partial charge on any atom is -0.480 e. The van der Waals surface area contributed by atoms with Crippen LogP contribution in [0.1, 0.15) is 19.3 Å². The number of halogens is 2. The molecule has 3 unspecified atom stereocenters. The van der Waals surface area contributed by atoms with Crippen molar-refractivity contribution in [3.63, 3.8) is 0 Å². The van der Waals surface area contributed by atoms with Gasteiger partial charge in [0.05, 0.1) is 5.69 Å². The molecule has 1 saturated heterocycles. The minimum atomic E-state index is -0.807. The first-order valence-electron chi connectivity index (χ1n) is 6.26. The van der Waals surface area contributed by atoms with E-state index in [1.807, 2.05) is 4.90 Å². The third-order valence-electron chi connectivity index (χ3n) is 4.15. The molecule has 7 heteroatoms. The van der Waals surface area contributed by atoms with Crippen LogP contribution in [0.2, 0.25) is 10.3 Å². The summed E-state index contributed by atoms with van der Waals surface area (Å²) in [5.41, 5.74) is 0.573. The maximum atomic E-state index is 11.6. The van der Waals surface area contributed by atoms with Crippen molar-refractivity contribution in [2.45, 2.75) is 25.3 Å². The lowest BCUT2D eigenvalue weighted by Gasteiger charge is -2.26. The normalized spacial score (nSPS) is 29.6. The average Bonchev–Trinajstić information content (AvgIpc) is 2.91. The predicted molar refractivity (Wildman–Crippen MR) is 71.7 cm³/mol. The van der Waals surface area contributed by atoms with E-state index in [0.29, 0.717) is 18.2 Å². The van der Waals surface area contributed by atoms with E-state index < -0.39 is 12.0 Å². The Balaban J connectivity index is 1.99. The number of hydrogen-bond acceptors (Lipinski definition) is 4. The third-order valence-corrected chi connectivity index (χ3v) is 4.61. The molecule has 2 fully saturated rings. The fourth-order valence-electron chi connectivity index (χ4n) is 3.42. The maximum Gasteiger partial charge on any atom is 0.326 e. The molecule has 0 amide bonds. The largest absolute Gasteiger partial charge is 0.480 e. The van der Waals surface area contributed by atoms with Crippen LogP contribution < -0.4 is 4.90 Å². The van der Waals surface area contributed by atoms with Gasteiger partial charge in [-0.15, -0.1) is 10.2 Å². The fourth-order valence-corrected chi connectivity index (χ4v) is 3.76. The fraction of sp³-hybridized carbons (Fsp3) is 0.583. The summed E-state index contributed by atoms with van der Waals surface area (Å²) >= 11 is 11.9. The Hall–Kier alpha value is -1.07. The van der Waals surface area contributed by atoms with Crippen LogP contribution in [0.15, 0.2) is 6.07 Å². The van der Waals surface area contributed by atoms with Crippen molar-refractivity contribution < 1.29 is 9.90 Å².